The molecule has 2 aliphatic heterocycles. The van der Waals surface area contributed by atoms with E-state index in [4.69, 9.17) is 9.40 Å². The van der Waals surface area contributed by atoms with E-state index in [1.807, 2.05) is 24.3 Å². The summed E-state index contributed by atoms with van der Waals surface area (Å²) in [6.45, 7) is 5.45. The van der Waals surface area contributed by atoms with Crippen LogP contribution in [0.5, 0.6) is 0 Å². The fourth-order valence-corrected chi connectivity index (χ4v) is 5.79. The van der Waals surface area contributed by atoms with E-state index in [-0.39, 0.29) is 0 Å². The van der Waals surface area contributed by atoms with Crippen molar-refractivity contribution in [3.05, 3.63) is 96.1 Å². The van der Waals surface area contributed by atoms with E-state index in [0.29, 0.717) is 17.8 Å². The minimum atomic E-state index is 0.494. The molecule has 1 aromatic heterocycles. The third-order valence-electron chi connectivity index (χ3n) is 7.57. The second-order valence-electron chi connectivity index (χ2n) is 9.63. The molecule has 0 N–H and O–H groups in total. The minimum Gasteiger partial charge on any atom is -0.423 e. The maximum absolute atomic E-state index is 6.14. The molecule has 0 bridgehead atoms. The van der Waals surface area contributed by atoms with Crippen molar-refractivity contribution in [3.63, 3.8) is 0 Å². The van der Waals surface area contributed by atoms with Crippen LogP contribution in [0, 0.1) is 5.92 Å². The molecule has 2 aliphatic rings. The Morgan fingerprint density at radius 3 is 2.15 bits per heavy atom. The zero-order chi connectivity index (χ0) is 22.0. The van der Waals surface area contributed by atoms with Crippen molar-refractivity contribution in [1.82, 2.24) is 9.88 Å². The van der Waals surface area contributed by atoms with Gasteiger partial charge in [-0.05, 0) is 61.0 Å². The maximum atomic E-state index is 6.14. The van der Waals surface area contributed by atoms with Crippen molar-refractivity contribution < 1.29 is 4.42 Å². The average molecular weight is 438 g/mol. The molecule has 4 aromatic rings. The zero-order valence-corrected chi connectivity index (χ0v) is 19.0. The van der Waals surface area contributed by atoms with Crippen LogP contribution in [0.1, 0.15) is 35.8 Å². The molecule has 2 atom stereocenters. The molecule has 2 saturated heterocycles. The van der Waals surface area contributed by atoms with Gasteiger partial charge < -0.3 is 14.2 Å². The molecule has 4 nitrogen and oxygen atoms in total. The van der Waals surface area contributed by atoms with E-state index in [0.717, 1.165) is 36.7 Å². The number of aromatic nitrogens is 1. The molecule has 3 heterocycles. The van der Waals surface area contributed by atoms with Crippen LogP contribution in [0.4, 0.5) is 6.01 Å². The van der Waals surface area contributed by atoms with E-state index in [1.54, 1.807) is 0 Å². The van der Waals surface area contributed by atoms with Gasteiger partial charge in [-0.3, -0.25) is 0 Å². The van der Waals surface area contributed by atoms with E-state index in [1.165, 1.54) is 37.1 Å². The number of nitrogens with zero attached hydrogens (tertiary/aromatic N) is 3. The van der Waals surface area contributed by atoms with Crippen molar-refractivity contribution in [3.8, 4) is 0 Å². The number of hydrogen-bond acceptors (Lipinski definition) is 4. The third kappa shape index (κ3) is 4.28. The number of piperidine rings is 1. The van der Waals surface area contributed by atoms with Crippen molar-refractivity contribution in [2.24, 2.45) is 5.92 Å². The molecule has 0 aliphatic carbocycles. The molecule has 3 aromatic carbocycles. The Hall–Kier alpha value is -3.11. The largest absolute Gasteiger partial charge is 0.423 e. The Kier molecular flexibility index (Phi) is 5.61. The van der Waals surface area contributed by atoms with Gasteiger partial charge in [0, 0.05) is 25.6 Å². The fraction of sp³-hybridized carbons (Fsp3) is 0.345. The Balaban J connectivity index is 1.18. The number of anilines is 1. The third-order valence-corrected chi connectivity index (χ3v) is 7.57. The van der Waals surface area contributed by atoms with Gasteiger partial charge in [-0.15, -0.1) is 0 Å². The van der Waals surface area contributed by atoms with Crippen LogP contribution < -0.4 is 4.90 Å². The summed E-state index contributed by atoms with van der Waals surface area (Å²) in [7, 11) is 0. The summed E-state index contributed by atoms with van der Waals surface area (Å²) in [5, 5.41) is 0. The molecule has 33 heavy (non-hydrogen) atoms. The van der Waals surface area contributed by atoms with Gasteiger partial charge in [0.05, 0.1) is 0 Å². The van der Waals surface area contributed by atoms with Crippen LogP contribution in [-0.2, 0) is 0 Å². The number of benzene rings is 3. The van der Waals surface area contributed by atoms with Gasteiger partial charge in [-0.1, -0.05) is 72.8 Å². The molecular formula is C29H31N3O. The first-order valence-electron chi connectivity index (χ1n) is 12.3. The number of rotatable bonds is 5. The molecule has 4 heteroatoms. The van der Waals surface area contributed by atoms with E-state index < -0.39 is 0 Å². The van der Waals surface area contributed by atoms with Crippen molar-refractivity contribution >= 4 is 17.1 Å². The number of hydrogen-bond donors (Lipinski definition) is 0. The summed E-state index contributed by atoms with van der Waals surface area (Å²) in [6.07, 6.45) is 2.50. The molecule has 2 fully saturated rings. The van der Waals surface area contributed by atoms with E-state index in [9.17, 15) is 0 Å². The lowest BCUT2D eigenvalue weighted by molar-refractivity contribution is 0.182. The molecule has 0 amide bonds. The van der Waals surface area contributed by atoms with Crippen molar-refractivity contribution in [1.29, 1.82) is 0 Å². The number of likely N-dealkylation sites (tertiary alicyclic amines) is 1. The van der Waals surface area contributed by atoms with E-state index in [2.05, 4.69) is 70.5 Å². The predicted molar refractivity (Wildman–Crippen MR) is 134 cm³/mol. The highest BCUT2D eigenvalue weighted by atomic mass is 16.4. The van der Waals surface area contributed by atoms with Gasteiger partial charge in [0.2, 0.25) is 0 Å². The first-order chi connectivity index (χ1) is 16.3. The molecular weight excluding hydrogens is 406 g/mol. The number of fused-ring (bicyclic) bond motifs is 1. The number of oxazole rings is 1. The molecule has 2 unspecified atom stereocenters. The van der Waals surface area contributed by atoms with Crippen LogP contribution >= 0.6 is 0 Å². The van der Waals surface area contributed by atoms with Crippen LogP contribution in [-0.4, -0.2) is 42.6 Å². The lowest BCUT2D eigenvalue weighted by atomic mass is 9.86. The van der Waals surface area contributed by atoms with Crippen LogP contribution in [0.25, 0.3) is 11.1 Å². The summed E-state index contributed by atoms with van der Waals surface area (Å²) in [5.41, 5.74) is 4.74. The zero-order valence-electron chi connectivity index (χ0n) is 19.0. The smallest absolute Gasteiger partial charge is 0.298 e. The maximum Gasteiger partial charge on any atom is 0.298 e. The second kappa shape index (κ2) is 9.03. The monoisotopic (exact) mass is 437 g/mol. The van der Waals surface area contributed by atoms with Gasteiger partial charge in [0.15, 0.2) is 5.58 Å². The van der Waals surface area contributed by atoms with Crippen molar-refractivity contribution in [2.45, 2.75) is 24.7 Å². The normalized spacial score (nSPS) is 22.2. The number of para-hydroxylation sites is 2. The lowest BCUT2D eigenvalue weighted by Gasteiger charge is -2.34. The topological polar surface area (TPSA) is 32.5 Å². The van der Waals surface area contributed by atoms with Gasteiger partial charge >= 0.3 is 0 Å². The molecule has 0 saturated carbocycles. The first kappa shape index (κ1) is 20.5. The van der Waals surface area contributed by atoms with Gasteiger partial charge in [0.1, 0.15) is 5.52 Å². The highest BCUT2D eigenvalue weighted by Gasteiger charge is 2.37. The quantitative estimate of drug-likeness (QED) is 0.388. The van der Waals surface area contributed by atoms with Crippen molar-refractivity contribution in [2.75, 3.05) is 37.6 Å². The average Bonchev–Trinajstić information content (AvgIpc) is 3.50. The van der Waals surface area contributed by atoms with Crippen LogP contribution in [0.15, 0.2) is 89.3 Å². The Morgan fingerprint density at radius 2 is 1.42 bits per heavy atom. The Morgan fingerprint density at radius 1 is 0.758 bits per heavy atom. The molecule has 0 spiro atoms. The summed E-state index contributed by atoms with van der Waals surface area (Å²) in [6, 6.07) is 30.9. The molecule has 168 valence electrons. The summed E-state index contributed by atoms with van der Waals surface area (Å²) in [5.74, 6) is 1.76. The molecule has 6 rings (SSSR count). The SMILES string of the molecule is c1ccc(C2CCN(CC3CN(c4nc5ccccc5o4)CC3c3ccccc3)CC2)cc1. The highest BCUT2D eigenvalue weighted by Crippen LogP contribution is 2.37. The molecule has 0 radical (unpaired) electrons. The predicted octanol–water partition coefficient (Wildman–Crippen LogP) is 5.93. The lowest BCUT2D eigenvalue weighted by Crippen LogP contribution is -2.38. The van der Waals surface area contributed by atoms with Crippen LogP contribution in [0.3, 0.4) is 0 Å². The summed E-state index contributed by atoms with van der Waals surface area (Å²) >= 11 is 0. The Bertz CT molecular complexity index is 1150. The van der Waals surface area contributed by atoms with Gasteiger partial charge in [-0.2, -0.15) is 4.98 Å². The van der Waals surface area contributed by atoms with Gasteiger partial charge in [-0.25, -0.2) is 0 Å². The minimum absolute atomic E-state index is 0.494. The van der Waals surface area contributed by atoms with E-state index >= 15 is 0 Å². The second-order valence-corrected chi connectivity index (χ2v) is 9.63. The summed E-state index contributed by atoms with van der Waals surface area (Å²) < 4.78 is 6.14. The first-order valence-corrected chi connectivity index (χ1v) is 12.3. The van der Waals surface area contributed by atoms with Crippen LogP contribution in [0.2, 0.25) is 0 Å². The standard InChI is InChI=1S/C29H31N3O/c1-3-9-22(10-4-1)23-15-17-31(18-16-23)19-25-20-32(21-26(25)24-11-5-2-6-12-24)29-30-27-13-7-8-14-28(27)33-29/h1-14,23,25-26H,15-21H2. The Labute approximate surface area is 195 Å². The summed E-state index contributed by atoms with van der Waals surface area (Å²) in [4.78, 5) is 9.84. The fourth-order valence-electron chi connectivity index (χ4n) is 5.79. The van der Waals surface area contributed by atoms with Gasteiger partial charge in [0.25, 0.3) is 6.01 Å². The highest BCUT2D eigenvalue weighted by molar-refractivity contribution is 5.74.